The summed E-state index contributed by atoms with van der Waals surface area (Å²) in [6, 6.07) is 0. The summed E-state index contributed by atoms with van der Waals surface area (Å²) < 4.78 is 4.95. The number of ketones is 1. The topological polar surface area (TPSA) is 80.9 Å². The van der Waals surface area contributed by atoms with Gasteiger partial charge in [0.1, 0.15) is 11.6 Å². The lowest BCUT2D eigenvalue weighted by atomic mass is 9.97. The zero-order valence-corrected chi connectivity index (χ0v) is 8.51. The first-order chi connectivity index (χ1) is 7.84. The van der Waals surface area contributed by atoms with Crippen LogP contribution in [0.4, 0.5) is 0 Å². The van der Waals surface area contributed by atoms with E-state index in [-0.39, 0.29) is 11.7 Å². The zero-order valence-electron chi connectivity index (χ0n) is 8.51. The second kappa shape index (κ2) is 3.64. The molecule has 1 aliphatic heterocycles. The fourth-order valence-corrected chi connectivity index (χ4v) is 1.83. The normalized spacial score (nSPS) is 21.5. The van der Waals surface area contributed by atoms with Gasteiger partial charge in [-0.05, 0) is 0 Å². The highest BCUT2D eigenvalue weighted by Gasteiger charge is 2.26. The second-order valence-corrected chi connectivity index (χ2v) is 3.79. The van der Waals surface area contributed by atoms with Crippen LogP contribution in [0.15, 0.2) is 16.9 Å². The van der Waals surface area contributed by atoms with Crippen molar-refractivity contribution >= 4 is 16.9 Å². The van der Waals surface area contributed by atoms with Crippen LogP contribution in [0, 0.1) is 0 Å². The number of carbonyl (C=O) groups excluding carboxylic acids is 1. The molecule has 2 aromatic heterocycles. The van der Waals surface area contributed by atoms with Crippen LogP contribution in [0.2, 0.25) is 0 Å². The number of Topliss-reactive ketones (excluding diaryl/α,β-unsaturated/α-hetero) is 1. The van der Waals surface area contributed by atoms with Gasteiger partial charge < -0.3 is 9.84 Å². The molecular weight excluding hydrogens is 208 g/mol. The lowest BCUT2D eigenvalue weighted by molar-refractivity contribution is -0.121. The number of piperidine rings is 1. The van der Waals surface area contributed by atoms with E-state index in [2.05, 4.69) is 20.4 Å². The Bertz CT molecular complexity index is 536. The van der Waals surface area contributed by atoms with E-state index in [1.807, 2.05) is 0 Å². The molecule has 1 aliphatic rings. The molecule has 1 saturated heterocycles. The highest BCUT2D eigenvalue weighted by Crippen LogP contribution is 2.18. The molecule has 0 aromatic carbocycles. The molecule has 1 fully saturated rings. The summed E-state index contributed by atoms with van der Waals surface area (Å²) in [7, 11) is 0. The molecule has 0 saturated carbocycles. The van der Waals surface area contributed by atoms with Gasteiger partial charge >= 0.3 is 0 Å². The first-order valence-corrected chi connectivity index (χ1v) is 5.15. The van der Waals surface area contributed by atoms with Crippen LogP contribution < -0.4 is 5.32 Å². The fraction of sp³-hybridized carbons (Fsp3) is 0.400. The van der Waals surface area contributed by atoms with Gasteiger partial charge in [0.25, 0.3) is 5.71 Å². The van der Waals surface area contributed by atoms with Crippen molar-refractivity contribution in [1.82, 2.24) is 20.4 Å². The molecular formula is C10H10N4O2. The highest BCUT2D eigenvalue weighted by atomic mass is 16.5. The van der Waals surface area contributed by atoms with Crippen LogP contribution in [0.1, 0.15) is 18.2 Å². The predicted molar refractivity (Wildman–Crippen MR) is 54.8 cm³/mol. The SMILES string of the molecule is O=C1CCNCC1c1ncc2cnoc2n1. The van der Waals surface area contributed by atoms with Crippen molar-refractivity contribution in [3.05, 3.63) is 18.2 Å². The van der Waals surface area contributed by atoms with Gasteiger partial charge in [0.05, 0.1) is 17.5 Å². The van der Waals surface area contributed by atoms with E-state index >= 15 is 0 Å². The van der Waals surface area contributed by atoms with Crippen molar-refractivity contribution in [2.75, 3.05) is 13.1 Å². The maximum Gasteiger partial charge on any atom is 0.260 e. The standard InChI is InChI=1S/C10H10N4O2/c15-8-1-2-11-5-7(8)9-12-3-6-4-13-16-10(6)14-9/h3-4,7,11H,1-2,5H2. The number of hydrogen-bond donors (Lipinski definition) is 1. The summed E-state index contributed by atoms with van der Waals surface area (Å²) in [6.07, 6.45) is 3.72. The van der Waals surface area contributed by atoms with E-state index in [0.717, 1.165) is 11.9 Å². The van der Waals surface area contributed by atoms with Crippen LogP contribution in [-0.4, -0.2) is 34.0 Å². The molecule has 3 rings (SSSR count). The number of nitrogens with zero attached hydrogens (tertiary/aromatic N) is 3. The smallest absolute Gasteiger partial charge is 0.260 e. The fourth-order valence-electron chi connectivity index (χ4n) is 1.83. The molecule has 3 heterocycles. The molecule has 1 N–H and O–H groups in total. The minimum Gasteiger partial charge on any atom is -0.336 e. The quantitative estimate of drug-likeness (QED) is 0.739. The summed E-state index contributed by atoms with van der Waals surface area (Å²) >= 11 is 0. The van der Waals surface area contributed by atoms with Crippen molar-refractivity contribution in [2.45, 2.75) is 12.3 Å². The van der Waals surface area contributed by atoms with E-state index in [1.54, 1.807) is 12.4 Å². The Morgan fingerprint density at radius 3 is 3.25 bits per heavy atom. The van der Waals surface area contributed by atoms with Crippen LogP contribution in [-0.2, 0) is 4.79 Å². The number of aromatic nitrogens is 3. The molecule has 6 heteroatoms. The first-order valence-electron chi connectivity index (χ1n) is 5.15. The monoisotopic (exact) mass is 218 g/mol. The van der Waals surface area contributed by atoms with Crippen LogP contribution >= 0.6 is 0 Å². The molecule has 82 valence electrons. The summed E-state index contributed by atoms with van der Waals surface area (Å²) in [5.74, 6) is 0.433. The van der Waals surface area contributed by atoms with Gasteiger partial charge in [0, 0.05) is 25.7 Å². The van der Waals surface area contributed by atoms with E-state index < -0.39 is 0 Å². The molecule has 0 aliphatic carbocycles. The molecule has 6 nitrogen and oxygen atoms in total. The molecule has 1 unspecified atom stereocenters. The minimum absolute atomic E-state index is 0.178. The Balaban J connectivity index is 2.00. The van der Waals surface area contributed by atoms with Gasteiger partial charge in [0.2, 0.25) is 0 Å². The van der Waals surface area contributed by atoms with Gasteiger partial charge in [-0.25, -0.2) is 4.98 Å². The second-order valence-electron chi connectivity index (χ2n) is 3.79. The van der Waals surface area contributed by atoms with Gasteiger partial charge in [-0.1, -0.05) is 5.16 Å². The summed E-state index contributed by atoms with van der Waals surface area (Å²) in [5, 5.41) is 7.54. The Hall–Kier alpha value is -1.82. The minimum atomic E-state index is -0.261. The Morgan fingerprint density at radius 1 is 1.44 bits per heavy atom. The molecule has 0 bridgehead atoms. The number of rotatable bonds is 1. The third-order valence-electron chi connectivity index (χ3n) is 2.73. The number of hydrogen-bond acceptors (Lipinski definition) is 6. The van der Waals surface area contributed by atoms with Gasteiger partial charge in [-0.3, -0.25) is 4.79 Å². The number of nitrogens with one attached hydrogen (secondary N) is 1. The first kappa shape index (κ1) is 9.41. The Kier molecular flexibility index (Phi) is 2.14. The maximum absolute atomic E-state index is 11.7. The van der Waals surface area contributed by atoms with E-state index in [0.29, 0.717) is 24.5 Å². The summed E-state index contributed by atoms with van der Waals surface area (Å²) in [6.45, 7) is 1.33. The highest BCUT2D eigenvalue weighted by molar-refractivity contribution is 5.86. The maximum atomic E-state index is 11.7. The van der Waals surface area contributed by atoms with Gasteiger partial charge in [-0.15, -0.1) is 0 Å². The summed E-state index contributed by atoms with van der Waals surface area (Å²) in [5.41, 5.74) is 0.434. The zero-order chi connectivity index (χ0) is 11.0. The lowest BCUT2D eigenvalue weighted by Crippen LogP contribution is -2.36. The molecule has 0 radical (unpaired) electrons. The largest absolute Gasteiger partial charge is 0.336 e. The average molecular weight is 218 g/mol. The molecule has 0 amide bonds. The van der Waals surface area contributed by atoms with Crippen LogP contribution in [0.5, 0.6) is 0 Å². The van der Waals surface area contributed by atoms with Gasteiger partial charge in [-0.2, -0.15) is 4.98 Å². The van der Waals surface area contributed by atoms with Crippen LogP contribution in [0.3, 0.4) is 0 Å². The predicted octanol–water partition coefficient (Wildman–Crippen LogP) is 0.264. The Morgan fingerprint density at radius 2 is 2.38 bits per heavy atom. The molecule has 0 spiro atoms. The van der Waals surface area contributed by atoms with Gasteiger partial charge in [0.15, 0.2) is 0 Å². The van der Waals surface area contributed by atoms with Crippen molar-refractivity contribution < 1.29 is 9.32 Å². The summed E-state index contributed by atoms with van der Waals surface area (Å²) in [4.78, 5) is 20.1. The molecule has 1 atom stereocenters. The number of fused-ring (bicyclic) bond motifs is 1. The van der Waals surface area contributed by atoms with E-state index in [9.17, 15) is 4.79 Å². The Labute approximate surface area is 91.0 Å². The van der Waals surface area contributed by atoms with E-state index in [4.69, 9.17) is 4.52 Å². The van der Waals surface area contributed by atoms with Crippen molar-refractivity contribution in [1.29, 1.82) is 0 Å². The van der Waals surface area contributed by atoms with Crippen molar-refractivity contribution in [3.63, 3.8) is 0 Å². The van der Waals surface area contributed by atoms with Crippen molar-refractivity contribution in [2.24, 2.45) is 0 Å². The van der Waals surface area contributed by atoms with Crippen molar-refractivity contribution in [3.8, 4) is 0 Å². The van der Waals surface area contributed by atoms with Crippen LogP contribution in [0.25, 0.3) is 11.1 Å². The lowest BCUT2D eigenvalue weighted by Gasteiger charge is -2.19. The van der Waals surface area contributed by atoms with E-state index in [1.165, 1.54) is 0 Å². The average Bonchev–Trinajstić information content (AvgIpc) is 2.76. The molecule has 2 aromatic rings. The molecule has 16 heavy (non-hydrogen) atoms. The third-order valence-corrected chi connectivity index (χ3v) is 2.73. The number of carbonyl (C=O) groups is 1. The third kappa shape index (κ3) is 1.47.